The highest BCUT2D eigenvalue weighted by molar-refractivity contribution is 5.71. The molecule has 0 saturated heterocycles. The van der Waals surface area contributed by atoms with Crippen LogP contribution in [0.5, 0.6) is 0 Å². The second-order valence-corrected chi connectivity index (χ2v) is 19.1. The second-order valence-electron chi connectivity index (χ2n) is 19.1. The third kappa shape index (κ3) is 61.2. The number of carbonyl (C=O) groups is 3. The van der Waals surface area contributed by atoms with Crippen molar-refractivity contribution in [3.63, 3.8) is 0 Å². The summed E-state index contributed by atoms with van der Waals surface area (Å²) in [6.45, 7) is 6.19. The van der Waals surface area contributed by atoms with Crippen molar-refractivity contribution in [2.45, 2.75) is 232 Å². The second kappa shape index (κ2) is 63.0. The first kappa shape index (κ1) is 71.5. The molecule has 0 aromatic rings. The van der Waals surface area contributed by atoms with Crippen molar-refractivity contribution in [1.82, 2.24) is 0 Å². The number of hydrogen-bond acceptors (Lipinski definition) is 6. The maximum absolute atomic E-state index is 12.9. The maximum Gasteiger partial charge on any atom is 0.306 e. The van der Waals surface area contributed by atoms with E-state index >= 15 is 0 Å². The Morgan fingerprint density at radius 2 is 0.494 bits per heavy atom. The number of unbranched alkanes of at least 4 members (excludes halogenated alkanes) is 11. The summed E-state index contributed by atoms with van der Waals surface area (Å²) in [4.78, 5) is 38.3. The van der Waals surface area contributed by atoms with Gasteiger partial charge in [0.05, 0.1) is 0 Å². The van der Waals surface area contributed by atoms with Crippen molar-refractivity contribution in [3.8, 4) is 0 Å². The minimum atomic E-state index is -0.846. The van der Waals surface area contributed by atoms with Crippen LogP contribution in [0.15, 0.2) is 182 Å². The predicted octanol–water partition coefficient (Wildman–Crippen LogP) is 20.9. The molecule has 1 unspecified atom stereocenters. The van der Waals surface area contributed by atoms with Crippen molar-refractivity contribution >= 4 is 17.9 Å². The van der Waals surface area contributed by atoms with E-state index in [1.165, 1.54) is 25.7 Å². The molecule has 0 aromatic heterocycles. The summed E-state index contributed by atoms with van der Waals surface area (Å²) in [5.74, 6) is -1.06. The Kier molecular flexibility index (Phi) is 58.6. The number of hydrogen-bond donors (Lipinski definition) is 0. The smallest absolute Gasteiger partial charge is 0.306 e. The first-order valence-corrected chi connectivity index (χ1v) is 30.3. The van der Waals surface area contributed by atoms with Crippen LogP contribution in [0.2, 0.25) is 0 Å². The molecule has 0 fully saturated rings. The van der Waals surface area contributed by atoms with Gasteiger partial charge in [-0.15, -0.1) is 0 Å². The van der Waals surface area contributed by atoms with Gasteiger partial charge in [0.25, 0.3) is 0 Å². The lowest BCUT2D eigenvalue weighted by atomic mass is 10.1. The zero-order valence-electron chi connectivity index (χ0n) is 48.9. The largest absolute Gasteiger partial charge is 0.462 e. The first-order valence-electron chi connectivity index (χ1n) is 30.3. The summed E-state index contributed by atoms with van der Waals surface area (Å²) in [6.07, 6.45) is 94.6. The molecule has 428 valence electrons. The van der Waals surface area contributed by atoms with Gasteiger partial charge in [-0.1, -0.05) is 248 Å². The van der Waals surface area contributed by atoms with Crippen molar-refractivity contribution in [3.05, 3.63) is 182 Å². The predicted molar refractivity (Wildman–Crippen MR) is 334 cm³/mol. The molecule has 0 aliphatic heterocycles. The summed E-state index contributed by atoms with van der Waals surface area (Å²) in [7, 11) is 0. The van der Waals surface area contributed by atoms with Gasteiger partial charge in [-0.2, -0.15) is 0 Å². The number of rotatable bonds is 52. The number of carbonyl (C=O) groups excluding carboxylic acids is 3. The fourth-order valence-electron chi connectivity index (χ4n) is 7.48. The standard InChI is InChI=1S/C71H108O6/c1-4-7-10-13-16-19-22-25-28-31-33-34-35-36-38-40-43-46-49-52-55-58-61-64-70(73)76-67-68(66-75-69(72)63-60-57-54-51-48-45-42-39-30-27-24-21-18-15-12-9-6-3)77-71(74)65-62-59-56-53-50-47-44-41-37-32-29-26-23-20-17-14-11-8-5-2/h7-12,16-21,25-30,33-34,36-38,41,43,46-47,50,56,59,68H,4-6,13-15,22-24,31-32,35,39-40,42,44-45,48-49,51-55,57-58,60-67H2,1-3H3/b10-7-,11-8-,12-9-,19-16-,20-17-,21-18-,28-25-,29-26-,30-27-,34-33-,38-36-,41-37-,46-43-,50-47-,59-56-. The fourth-order valence-corrected chi connectivity index (χ4v) is 7.48. The molecule has 0 rings (SSSR count). The molecule has 1 atom stereocenters. The molecule has 6 nitrogen and oxygen atoms in total. The Labute approximate surface area is 472 Å². The van der Waals surface area contributed by atoms with E-state index in [4.69, 9.17) is 14.2 Å². The van der Waals surface area contributed by atoms with E-state index in [1.54, 1.807) is 0 Å². The van der Waals surface area contributed by atoms with E-state index in [-0.39, 0.29) is 31.6 Å². The van der Waals surface area contributed by atoms with Gasteiger partial charge >= 0.3 is 17.9 Å². The van der Waals surface area contributed by atoms with Gasteiger partial charge in [0.15, 0.2) is 6.10 Å². The first-order chi connectivity index (χ1) is 38.0. The normalized spacial score (nSPS) is 13.4. The fraction of sp³-hybridized carbons (Fsp3) is 0.535. The highest BCUT2D eigenvalue weighted by Crippen LogP contribution is 2.13. The van der Waals surface area contributed by atoms with Crippen LogP contribution >= 0.6 is 0 Å². The maximum atomic E-state index is 12.9. The molecule has 0 aromatic carbocycles. The molecular weight excluding hydrogens is 949 g/mol. The molecular formula is C71H108O6. The lowest BCUT2D eigenvalue weighted by molar-refractivity contribution is -0.166. The molecule has 0 aliphatic rings. The van der Waals surface area contributed by atoms with E-state index in [2.05, 4.69) is 191 Å². The van der Waals surface area contributed by atoms with E-state index in [0.29, 0.717) is 19.3 Å². The minimum absolute atomic E-state index is 0.132. The molecule has 0 spiro atoms. The summed E-state index contributed by atoms with van der Waals surface area (Å²) < 4.78 is 16.8. The summed E-state index contributed by atoms with van der Waals surface area (Å²) >= 11 is 0. The van der Waals surface area contributed by atoms with Crippen LogP contribution in [0.4, 0.5) is 0 Å². The monoisotopic (exact) mass is 1060 g/mol. The summed E-state index contributed by atoms with van der Waals surface area (Å²) in [6, 6.07) is 0. The Hall–Kier alpha value is -5.49. The van der Waals surface area contributed by atoms with E-state index in [0.717, 1.165) is 154 Å². The van der Waals surface area contributed by atoms with E-state index in [1.807, 2.05) is 12.2 Å². The minimum Gasteiger partial charge on any atom is -0.462 e. The lowest BCUT2D eigenvalue weighted by Gasteiger charge is -2.18. The van der Waals surface area contributed by atoms with Crippen LogP contribution in [-0.2, 0) is 28.6 Å². The van der Waals surface area contributed by atoms with Crippen LogP contribution in [0.3, 0.4) is 0 Å². The molecule has 0 aliphatic carbocycles. The molecule has 77 heavy (non-hydrogen) atoms. The van der Waals surface area contributed by atoms with E-state index < -0.39 is 12.1 Å². The van der Waals surface area contributed by atoms with Gasteiger partial charge in [0.1, 0.15) is 13.2 Å². The molecule has 0 heterocycles. The number of ether oxygens (including phenoxy) is 3. The van der Waals surface area contributed by atoms with Crippen LogP contribution in [0, 0.1) is 0 Å². The van der Waals surface area contributed by atoms with Gasteiger partial charge in [-0.25, -0.2) is 0 Å². The van der Waals surface area contributed by atoms with Crippen molar-refractivity contribution in [2.75, 3.05) is 13.2 Å². The Morgan fingerprint density at radius 1 is 0.260 bits per heavy atom. The van der Waals surface area contributed by atoms with Gasteiger partial charge in [-0.05, 0) is 141 Å². The van der Waals surface area contributed by atoms with Gasteiger partial charge in [-0.3, -0.25) is 14.4 Å². The number of esters is 3. The van der Waals surface area contributed by atoms with Crippen LogP contribution in [0.25, 0.3) is 0 Å². The van der Waals surface area contributed by atoms with Crippen molar-refractivity contribution < 1.29 is 28.6 Å². The van der Waals surface area contributed by atoms with Gasteiger partial charge in [0.2, 0.25) is 0 Å². The van der Waals surface area contributed by atoms with Crippen molar-refractivity contribution in [2.24, 2.45) is 0 Å². The van der Waals surface area contributed by atoms with Crippen LogP contribution in [-0.4, -0.2) is 37.2 Å². The summed E-state index contributed by atoms with van der Waals surface area (Å²) in [5.41, 5.74) is 0. The molecule has 6 heteroatoms. The number of allylic oxidation sites excluding steroid dienone is 30. The molecule has 0 bridgehead atoms. The van der Waals surface area contributed by atoms with Crippen LogP contribution in [0.1, 0.15) is 226 Å². The topological polar surface area (TPSA) is 78.9 Å². The Morgan fingerprint density at radius 3 is 0.779 bits per heavy atom. The molecule has 0 amide bonds. The van der Waals surface area contributed by atoms with E-state index in [9.17, 15) is 14.4 Å². The lowest BCUT2D eigenvalue weighted by Crippen LogP contribution is -2.30. The van der Waals surface area contributed by atoms with Gasteiger partial charge < -0.3 is 14.2 Å². The third-order valence-electron chi connectivity index (χ3n) is 11.9. The zero-order valence-corrected chi connectivity index (χ0v) is 48.9. The summed E-state index contributed by atoms with van der Waals surface area (Å²) in [5, 5.41) is 0. The zero-order chi connectivity index (χ0) is 55.7. The molecule has 0 saturated carbocycles. The third-order valence-corrected chi connectivity index (χ3v) is 11.9. The quantitative estimate of drug-likeness (QED) is 0.0261. The molecule has 0 radical (unpaired) electrons. The highest BCUT2D eigenvalue weighted by atomic mass is 16.6. The average Bonchev–Trinajstić information content (AvgIpc) is 3.43. The average molecular weight is 1060 g/mol. The Bertz CT molecular complexity index is 1840. The van der Waals surface area contributed by atoms with Gasteiger partial charge in [0, 0.05) is 19.3 Å². The SMILES string of the molecule is CC/C=C\C/C=C\C/C=C\C/C=C\C/C=C\C/C=C\CCCCCCC(=O)OCC(COC(=O)CCCCCCCCC/C=C\C/C=C\C/C=C\CC)OC(=O)CC/C=C\C/C=C\C/C=C\C/C=C\C/C=C\C/C=C\CC. The highest BCUT2D eigenvalue weighted by Gasteiger charge is 2.19. The Balaban J connectivity index is 4.60. The van der Waals surface area contributed by atoms with Crippen LogP contribution < -0.4 is 0 Å². The van der Waals surface area contributed by atoms with Crippen molar-refractivity contribution in [1.29, 1.82) is 0 Å². The molecule has 0 N–H and O–H groups in total.